The second-order valence-corrected chi connectivity index (χ2v) is 4.30. The first kappa shape index (κ1) is 9.12. The maximum Gasteiger partial charge on any atom is 0.273 e. The first-order valence-electron chi connectivity index (χ1n) is 4.82. The van der Waals surface area contributed by atoms with Gasteiger partial charge in [0.15, 0.2) is 0 Å². The first-order valence-corrected chi connectivity index (χ1v) is 4.82. The van der Waals surface area contributed by atoms with Crippen molar-refractivity contribution in [2.24, 2.45) is 5.41 Å². The maximum atomic E-state index is 11.2. The fraction of sp³-hybridized carbons (Fsp3) is 0.500. The summed E-state index contributed by atoms with van der Waals surface area (Å²) in [6, 6.07) is 1.79. The second kappa shape index (κ2) is 3.04. The molecule has 0 unspecified atom stereocenters. The predicted octanol–water partition coefficient (Wildman–Crippen LogP) is 1.17. The number of rotatable bonds is 3. The van der Waals surface area contributed by atoms with E-state index in [-0.39, 0.29) is 11.2 Å². The molecule has 1 aliphatic rings. The van der Waals surface area contributed by atoms with Gasteiger partial charge in [-0.15, -0.1) is 0 Å². The van der Waals surface area contributed by atoms with Gasteiger partial charge in [-0.25, -0.2) is 0 Å². The van der Waals surface area contributed by atoms with E-state index >= 15 is 0 Å². The smallest absolute Gasteiger partial charge is 0.273 e. The minimum Gasteiger partial charge on any atom is -0.393 e. The molecule has 14 heavy (non-hydrogen) atoms. The van der Waals surface area contributed by atoms with Gasteiger partial charge in [0.2, 0.25) is 0 Å². The minimum atomic E-state index is -0.226. The van der Waals surface area contributed by atoms with Crippen molar-refractivity contribution in [1.82, 2.24) is 4.98 Å². The van der Waals surface area contributed by atoms with E-state index in [1.807, 2.05) is 0 Å². The Morgan fingerprint density at radius 3 is 3.00 bits per heavy atom. The minimum absolute atomic E-state index is 0.226. The molecule has 1 saturated carbocycles. The topological polar surface area (TPSA) is 70.9 Å². The molecule has 0 aromatic carbocycles. The van der Waals surface area contributed by atoms with Crippen molar-refractivity contribution in [2.75, 3.05) is 17.6 Å². The Balaban J connectivity index is 2.09. The fourth-order valence-corrected chi connectivity index (χ4v) is 1.34. The van der Waals surface area contributed by atoms with E-state index in [0.29, 0.717) is 5.41 Å². The van der Waals surface area contributed by atoms with Crippen molar-refractivity contribution in [3.8, 4) is 0 Å². The van der Waals surface area contributed by atoms with Crippen molar-refractivity contribution >= 4 is 11.4 Å². The van der Waals surface area contributed by atoms with Crippen molar-refractivity contribution < 1.29 is 0 Å². The molecule has 0 bridgehead atoms. The number of nitrogen functional groups attached to an aromatic ring is 1. The van der Waals surface area contributed by atoms with E-state index in [9.17, 15) is 4.79 Å². The van der Waals surface area contributed by atoms with Crippen LogP contribution in [-0.4, -0.2) is 11.5 Å². The monoisotopic (exact) mass is 193 g/mol. The average Bonchev–Trinajstić information content (AvgIpc) is 2.88. The molecular formula is C10H15N3O. The molecule has 0 atom stereocenters. The van der Waals surface area contributed by atoms with Crippen LogP contribution >= 0.6 is 0 Å². The Labute approximate surface area is 82.5 Å². The molecule has 2 rings (SSSR count). The molecule has 0 radical (unpaired) electrons. The van der Waals surface area contributed by atoms with Crippen LogP contribution in [0.15, 0.2) is 17.1 Å². The van der Waals surface area contributed by atoms with Gasteiger partial charge in [0.1, 0.15) is 5.69 Å². The van der Waals surface area contributed by atoms with Crippen molar-refractivity contribution in [2.45, 2.75) is 19.8 Å². The molecule has 0 aliphatic heterocycles. The number of hydrogen-bond donors (Lipinski definition) is 3. The summed E-state index contributed by atoms with van der Waals surface area (Å²) in [4.78, 5) is 13.7. The van der Waals surface area contributed by atoms with Crippen LogP contribution in [0.3, 0.4) is 0 Å². The van der Waals surface area contributed by atoms with Gasteiger partial charge in [0, 0.05) is 12.7 Å². The van der Waals surface area contributed by atoms with Gasteiger partial charge in [-0.1, -0.05) is 6.92 Å². The zero-order valence-corrected chi connectivity index (χ0v) is 8.26. The van der Waals surface area contributed by atoms with Crippen molar-refractivity contribution in [3.05, 3.63) is 22.6 Å². The Kier molecular flexibility index (Phi) is 1.98. The highest BCUT2D eigenvalue weighted by atomic mass is 16.1. The van der Waals surface area contributed by atoms with Crippen LogP contribution in [0.25, 0.3) is 0 Å². The first-order chi connectivity index (χ1) is 6.61. The summed E-state index contributed by atoms with van der Waals surface area (Å²) >= 11 is 0. The Hall–Kier alpha value is -1.45. The van der Waals surface area contributed by atoms with E-state index in [1.54, 1.807) is 12.3 Å². The fourth-order valence-electron chi connectivity index (χ4n) is 1.34. The number of H-pyrrole nitrogens is 1. The molecular weight excluding hydrogens is 178 g/mol. The molecule has 1 aromatic heterocycles. The highest BCUT2D eigenvalue weighted by molar-refractivity contribution is 5.64. The number of anilines is 2. The van der Waals surface area contributed by atoms with E-state index < -0.39 is 0 Å². The van der Waals surface area contributed by atoms with Gasteiger partial charge in [0.25, 0.3) is 5.56 Å². The van der Waals surface area contributed by atoms with E-state index in [4.69, 9.17) is 5.73 Å². The summed E-state index contributed by atoms with van der Waals surface area (Å²) in [6.07, 6.45) is 4.11. The van der Waals surface area contributed by atoms with E-state index in [0.717, 1.165) is 12.2 Å². The summed E-state index contributed by atoms with van der Waals surface area (Å²) in [6.45, 7) is 3.12. The number of nitrogens with one attached hydrogen (secondary N) is 2. The largest absolute Gasteiger partial charge is 0.393 e. The van der Waals surface area contributed by atoms with Crippen LogP contribution in [0.1, 0.15) is 19.8 Å². The van der Waals surface area contributed by atoms with Gasteiger partial charge in [-0.2, -0.15) is 0 Å². The Morgan fingerprint density at radius 1 is 1.64 bits per heavy atom. The normalized spacial score (nSPS) is 17.8. The molecule has 0 spiro atoms. The highest BCUT2D eigenvalue weighted by Gasteiger charge is 2.36. The third-order valence-electron chi connectivity index (χ3n) is 2.81. The van der Waals surface area contributed by atoms with E-state index in [1.165, 1.54) is 12.8 Å². The lowest BCUT2D eigenvalue weighted by atomic mass is 10.1. The molecule has 1 aliphatic carbocycles. The maximum absolute atomic E-state index is 11.2. The molecule has 0 amide bonds. The molecule has 4 N–H and O–H groups in total. The molecule has 1 fully saturated rings. The lowest BCUT2D eigenvalue weighted by Gasteiger charge is -2.12. The molecule has 76 valence electrons. The molecule has 4 nitrogen and oxygen atoms in total. The lowest BCUT2D eigenvalue weighted by molar-refractivity contribution is 0.611. The SMILES string of the molecule is CC1(CNc2cc[nH]c(=O)c2N)CC1. The summed E-state index contributed by atoms with van der Waals surface area (Å²) in [7, 11) is 0. The van der Waals surface area contributed by atoms with Crippen molar-refractivity contribution in [1.29, 1.82) is 0 Å². The Morgan fingerprint density at radius 2 is 2.36 bits per heavy atom. The van der Waals surface area contributed by atoms with Crippen LogP contribution in [0, 0.1) is 5.41 Å². The summed E-state index contributed by atoms with van der Waals surface area (Å²) in [5, 5.41) is 3.21. The zero-order chi connectivity index (χ0) is 10.2. The molecule has 0 saturated heterocycles. The molecule has 1 heterocycles. The number of pyridine rings is 1. The highest BCUT2D eigenvalue weighted by Crippen LogP contribution is 2.44. The van der Waals surface area contributed by atoms with E-state index in [2.05, 4.69) is 17.2 Å². The standard InChI is InChI=1S/C10H15N3O/c1-10(3-4-10)6-13-7-2-5-12-9(14)8(7)11/h2,5H,3-4,6,11H2,1H3,(H2,12,13,14). The number of aromatic amines is 1. The zero-order valence-electron chi connectivity index (χ0n) is 8.26. The van der Waals surface area contributed by atoms with Gasteiger partial charge >= 0.3 is 0 Å². The van der Waals surface area contributed by atoms with Crippen LogP contribution in [0.2, 0.25) is 0 Å². The lowest BCUT2D eigenvalue weighted by Crippen LogP contribution is -2.17. The summed E-state index contributed by atoms with van der Waals surface area (Å²) in [5.74, 6) is 0. The second-order valence-electron chi connectivity index (χ2n) is 4.30. The quantitative estimate of drug-likeness (QED) is 0.674. The summed E-state index contributed by atoms with van der Waals surface area (Å²) in [5.41, 5.74) is 6.82. The third-order valence-corrected chi connectivity index (χ3v) is 2.81. The van der Waals surface area contributed by atoms with Crippen molar-refractivity contribution in [3.63, 3.8) is 0 Å². The van der Waals surface area contributed by atoms with Gasteiger partial charge in [-0.3, -0.25) is 4.79 Å². The average molecular weight is 193 g/mol. The number of hydrogen-bond acceptors (Lipinski definition) is 3. The van der Waals surface area contributed by atoms with Gasteiger partial charge in [-0.05, 0) is 24.3 Å². The van der Waals surface area contributed by atoms with Crippen LogP contribution in [-0.2, 0) is 0 Å². The molecule has 1 aromatic rings. The Bertz CT molecular complexity index is 393. The van der Waals surface area contributed by atoms with Crippen LogP contribution < -0.4 is 16.6 Å². The number of nitrogens with two attached hydrogens (primary N) is 1. The van der Waals surface area contributed by atoms with Crippen LogP contribution in [0.4, 0.5) is 11.4 Å². The number of aromatic nitrogens is 1. The van der Waals surface area contributed by atoms with Gasteiger partial charge in [0.05, 0.1) is 5.69 Å². The van der Waals surface area contributed by atoms with Gasteiger partial charge < -0.3 is 16.0 Å². The summed E-state index contributed by atoms with van der Waals surface area (Å²) < 4.78 is 0. The van der Waals surface area contributed by atoms with Crippen LogP contribution in [0.5, 0.6) is 0 Å². The molecule has 4 heteroatoms. The third kappa shape index (κ3) is 1.73. The predicted molar refractivity (Wildman–Crippen MR) is 57.3 cm³/mol.